The molecule has 6 nitrogen and oxygen atoms in total. The molecule has 1 amide bonds. The first-order valence-electron chi connectivity index (χ1n) is 8.30. The Hall–Kier alpha value is -3.45. The molecule has 0 aliphatic carbocycles. The van der Waals surface area contributed by atoms with Crippen LogP contribution in [0.2, 0.25) is 0 Å². The Bertz CT molecular complexity index is 1030. The summed E-state index contributed by atoms with van der Waals surface area (Å²) in [4.78, 5) is 16.9. The average molecular weight is 376 g/mol. The van der Waals surface area contributed by atoms with E-state index in [0.29, 0.717) is 23.6 Å². The topological polar surface area (TPSA) is 69.0 Å². The summed E-state index contributed by atoms with van der Waals surface area (Å²) in [5.74, 6) is 0.259. The van der Waals surface area contributed by atoms with Gasteiger partial charge in [-0.1, -0.05) is 30.3 Å². The van der Waals surface area contributed by atoms with Crippen molar-refractivity contribution in [2.24, 2.45) is 0 Å². The number of anilines is 1. The number of thiazole rings is 1. The predicted molar refractivity (Wildman–Crippen MR) is 104 cm³/mol. The second-order valence-electron chi connectivity index (χ2n) is 5.73. The lowest BCUT2D eigenvalue weighted by atomic mass is 10.2. The zero-order valence-corrected chi connectivity index (χ0v) is 15.1. The number of benzene rings is 2. The Labute approximate surface area is 160 Å². The van der Waals surface area contributed by atoms with Crippen LogP contribution in [-0.2, 0) is 6.61 Å². The van der Waals surface area contributed by atoms with E-state index in [2.05, 4.69) is 15.4 Å². The number of nitrogens with one attached hydrogen (secondary N) is 1. The molecule has 4 rings (SSSR count). The third kappa shape index (κ3) is 4.04. The molecule has 0 bridgehead atoms. The van der Waals surface area contributed by atoms with Crippen LogP contribution in [0.1, 0.15) is 16.1 Å². The highest BCUT2D eigenvalue weighted by atomic mass is 32.1. The first kappa shape index (κ1) is 17.0. The molecular formula is C20H16N4O2S. The van der Waals surface area contributed by atoms with Crippen LogP contribution in [0.25, 0.3) is 5.69 Å². The third-order valence-electron chi connectivity index (χ3n) is 3.85. The summed E-state index contributed by atoms with van der Waals surface area (Å²) in [6.07, 6.45) is 3.38. The first-order chi connectivity index (χ1) is 13.3. The standard InChI is InChI=1S/C20H16N4O2S/c25-20(23-15-10-22-24(11-15)17-6-2-1-3-7-17)18-8-4-5-9-19(18)26-12-16-13-27-14-21-16/h1-11,13-14H,12H2,(H,23,25). The summed E-state index contributed by atoms with van der Waals surface area (Å²) in [6, 6.07) is 16.8. The highest BCUT2D eigenvalue weighted by Crippen LogP contribution is 2.21. The second-order valence-corrected chi connectivity index (χ2v) is 6.45. The molecule has 0 aliphatic rings. The van der Waals surface area contributed by atoms with Crippen LogP contribution in [0.5, 0.6) is 5.75 Å². The molecule has 2 aromatic carbocycles. The van der Waals surface area contributed by atoms with E-state index in [1.54, 1.807) is 40.8 Å². The van der Waals surface area contributed by atoms with E-state index in [1.165, 1.54) is 11.3 Å². The SMILES string of the molecule is O=C(Nc1cnn(-c2ccccc2)c1)c1ccccc1OCc1cscn1. The van der Waals surface area contributed by atoms with Gasteiger partial charge in [0.25, 0.3) is 5.91 Å². The van der Waals surface area contributed by atoms with Gasteiger partial charge in [0.2, 0.25) is 0 Å². The average Bonchev–Trinajstić information content (AvgIpc) is 3.39. The molecule has 0 fully saturated rings. The molecule has 2 aromatic heterocycles. The Morgan fingerprint density at radius 1 is 1.11 bits per heavy atom. The smallest absolute Gasteiger partial charge is 0.259 e. The van der Waals surface area contributed by atoms with E-state index in [0.717, 1.165) is 11.4 Å². The van der Waals surface area contributed by atoms with E-state index in [1.807, 2.05) is 41.8 Å². The number of rotatable bonds is 6. The zero-order chi connectivity index (χ0) is 18.5. The molecule has 0 spiro atoms. The van der Waals surface area contributed by atoms with Crippen molar-refractivity contribution in [1.82, 2.24) is 14.8 Å². The van der Waals surface area contributed by atoms with Gasteiger partial charge in [-0.3, -0.25) is 4.79 Å². The van der Waals surface area contributed by atoms with E-state index >= 15 is 0 Å². The van der Waals surface area contributed by atoms with Crippen molar-refractivity contribution in [1.29, 1.82) is 0 Å². The summed E-state index contributed by atoms with van der Waals surface area (Å²) in [6.45, 7) is 0.319. The molecule has 0 radical (unpaired) electrons. The number of ether oxygens (including phenoxy) is 1. The molecule has 2 heterocycles. The van der Waals surface area contributed by atoms with Crippen molar-refractivity contribution < 1.29 is 9.53 Å². The van der Waals surface area contributed by atoms with Crippen molar-refractivity contribution in [3.8, 4) is 11.4 Å². The molecule has 0 saturated carbocycles. The van der Waals surface area contributed by atoms with Gasteiger partial charge >= 0.3 is 0 Å². The monoisotopic (exact) mass is 376 g/mol. The Morgan fingerprint density at radius 3 is 2.74 bits per heavy atom. The molecule has 27 heavy (non-hydrogen) atoms. The Balaban J connectivity index is 1.48. The van der Waals surface area contributed by atoms with Gasteiger partial charge in [-0.2, -0.15) is 5.10 Å². The summed E-state index contributed by atoms with van der Waals surface area (Å²) in [7, 11) is 0. The van der Waals surface area contributed by atoms with Crippen LogP contribution < -0.4 is 10.1 Å². The van der Waals surface area contributed by atoms with Crippen LogP contribution in [0.4, 0.5) is 5.69 Å². The first-order valence-corrected chi connectivity index (χ1v) is 9.24. The number of aromatic nitrogens is 3. The van der Waals surface area contributed by atoms with E-state index in [4.69, 9.17) is 4.74 Å². The number of carbonyl (C=O) groups is 1. The Morgan fingerprint density at radius 2 is 1.93 bits per heavy atom. The minimum atomic E-state index is -0.253. The molecule has 134 valence electrons. The van der Waals surface area contributed by atoms with E-state index in [-0.39, 0.29) is 5.91 Å². The second kappa shape index (κ2) is 7.84. The number of hydrogen-bond donors (Lipinski definition) is 1. The van der Waals surface area contributed by atoms with Crippen LogP contribution in [0.15, 0.2) is 77.9 Å². The normalized spacial score (nSPS) is 10.5. The molecular weight excluding hydrogens is 360 g/mol. The molecule has 0 saturated heterocycles. The van der Waals surface area contributed by atoms with Crippen molar-refractivity contribution in [2.45, 2.75) is 6.61 Å². The molecule has 1 N–H and O–H groups in total. The lowest BCUT2D eigenvalue weighted by molar-refractivity contribution is 0.102. The van der Waals surface area contributed by atoms with Gasteiger partial charge in [-0.25, -0.2) is 9.67 Å². The quantitative estimate of drug-likeness (QED) is 0.549. The molecule has 0 unspecified atom stereocenters. The molecule has 4 aromatic rings. The Kier molecular flexibility index (Phi) is 4.93. The molecule has 0 aliphatic heterocycles. The maximum Gasteiger partial charge on any atom is 0.259 e. The number of carbonyl (C=O) groups excluding carboxylic acids is 1. The van der Waals surface area contributed by atoms with Crippen molar-refractivity contribution in [3.63, 3.8) is 0 Å². The minimum absolute atomic E-state index is 0.253. The van der Waals surface area contributed by atoms with Gasteiger partial charge in [-0.15, -0.1) is 11.3 Å². The van der Waals surface area contributed by atoms with Gasteiger partial charge in [0.05, 0.1) is 40.5 Å². The predicted octanol–water partition coefficient (Wildman–Crippen LogP) is 4.16. The summed E-state index contributed by atoms with van der Waals surface area (Å²) < 4.78 is 7.49. The highest BCUT2D eigenvalue weighted by molar-refractivity contribution is 7.07. The summed E-state index contributed by atoms with van der Waals surface area (Å²) in [5, 5.41) is 9.07. The fourth-order valence-corrected chi connectivity index (χ4v) is 3.09. The van der Waals surface area contributed by atoms with Gasteiger partial charge in [0, 0.05) is 5.38 Å². The van der Waals surface area contributed by atoms with Crippen LogP contribution in [0.3, 0.4) is 0 Å². The van der Waals surface area contributed by atoms with Crippen LogP contribution in [-0.4, -0.2) is 20.7 Å². The largest absolute Gasteiger partial charge is 0.486 e. The fraction of sp³-hybridized carbons (Fsp3) is 0.0500. The summed E-state index contributed by atoms with van der Waals surface area (Å²) in [5.41, 5.74) is 4.57. The van der Waals surface area contributed by atoms with Crippen molar-refractivity contribution >= 4 is 22.9 Å². The van der Waals surface area contributed by atoms with E-state index < -0.39 is 0 Å². The maximum atomic E-state index is 12.7. The number of para-hydroxylation sites is 2. The zero-order valence-electron chi connectivity index (χ0n) is 14.3. The van der Waals surface area contributed by atoms with Crippen LogP contribution >= 0.6 is 11.3 Å². The summed E-state index contributed by atoms with van der Waals surface area (Å²) >= 11 is 1.51. The lowest BCUT2D eigenvalue weighted by Gasteiger charge is -2.10. The number of hydrogen-bond acceptors (Lipinski definition) is 5. The van der Waals surface area contributed by atoms with Gasteiger partial charge in [-0.05, 0) is 24.3 Å². The third-order valence-corrected chi connectivity index (χ3v) is 4.49. The van der Waals surface area contributed by atoms with Crippen molar-refractivity contribution in [2.75, 3.05) is 5.32 Å². The number of amides is 1. The minimum Gasteiger partial charge on any atom is -0.486 e. The highest BCUT2D eigenvalue weighted by Gasteiger charge is 2.14. The van der Waals surface area contributed by atoms with Crippen molar-refractivity contribution in [3.05, 3.63) is 89.1 Å². The van der Waals surface area contributed by atoms with Gasteiger partial charge in [0.1, 0.15) is 12.4 Å². The van der Waals surface area contributed by atoms with Gasteiger partial charge < -0.3 is 10.1 Å². The van der Waals surface area contributed by atoms with E-state index in [9.17, 15) is 4.79 Å². The lowest BCUT2D eigenvalue weighted by Crippen LogP contribution is -2.13. The van der Waals surface area contributed by atoms with Crippen LogP contribution in [0, 0.1) is 0 Å². The van der Waals surface area contributed by atoms with Gasteiger partial charge in [0.15, 0.2) is 0 Å². The fourth-order valence-electron chi connectivity index (χ4n) is 2.55. The molecule has 0 atom stereocenters. The number of nitrogens with zero attached hydrogens (tertiary/aromatic N) is 3. The maximum absolute atomic E-state index is 12.7. The molecule has 7 heteroatoms.